The maximum atomic E-state index is 11.4. The van der Waals surface area contributed by atoms with Crippen molar-refractivity contribution in [2.24, 2.45) is 0 Å². The van der Waals surface area contributed by atoms with Crippen molar-refractivity contribution >= 4 is 8.56 Å². The lowest BCUT2D eigenvalue weighted by Crippen LogP contribution is -2.52. The zero-order chi connectivity index (χ0) is 23.3. The fourth-order valence-corrected chi connectivity index (χ4v) is 6.19. The number of para-hydroxylation sites is 1. The highest BCUT2D eigenvalue weighted by atomic mass is 28.4. The normalized spacial score (nSPS) is 14.7. The van der Waals surface area contributed by atoms with Gasteiger partial charge in [0.2, 0.25) is 0 Å². The third-order valence-corrected chi connectivity index (χ3v) is 8.25. The number of hydrogen-bond donors (Lipinski definition) is 2. The summed E-state index contributed by atoms with van der Waals surface area (Å²) < 4.78 is 13.0. The Morgan fingerprint density at radius 3 is 1.79 bits per heavy atom. The molecule has 0 aliphatic rings. The van der Waals surface area contributed by atoms with Crippen LogP contribution < -0.4 is 8.85 Å². The molecule has 0 bridgehead atoms. The molecule has 2 N–H and O–H groups in total. The molecule has 3 atom stereocenters. The van der Waals surface area contributed by atoms with Crippen molar-refractivity contribution in [3.05, 3.63) is 131 Å². The monoisotopic (exact) mass is 456 g/mol. The van der Waals surface area contributed by atoms with Gasteiger partial charge in [-0.15, -0.1) is 0 Å². The van der Waals surface area contributed by atoms with Crippen LogP contribution in [0.2, 0.25) is 6.55 Å². The van der Waals surface area contributed by atoms with Crippen LogP contribution in [0.25, 0.3) is 0 Å². The van der Waals surface area contributed by atoms with Crippen molar-refractivity contribution in [1.29, 1.82) is 0 Å². The van der Waals surface area contributed by atoms with Gasteiger partial charge in [0.1, 0.15) is 23.3 Å². The summed E-state index contributed by atoms with van der Waals surface area (Å²) >= 11 is 0. The maximum Gasteiger partial charge on any atom is 0.491 e. The molecule has 0 aromatic heterocycles. The zero-order valence-corrected chi connectivity index (χ0v) is 19.8. The molecule has 4 nitrogen and oxygen atoms in total. The minimum absolute atomic E-state index is 0.506. The molecule has 0 heterocycles. The fourth-order valence-electron chi connectivity index (χ4n) is 3.91. The van der Waals surface area contributed by atoms with Gasteiger partial charge in [0.15, 0.2) is 0 Å². The molecule has 0 fully saturated rings. The van der Waals surface area contributed by atoms with Crippen molar-refractivity contribution in [3.63, 3.8) is 0 Å². The van der Waals surface area contributed by atoms with Crippen LogP contribution >= 0.6 is 0 Å². The fraction of sp³-hybridized carbons (Fsp3) is 0.143. The van der Waals surface area contributed by atoms with Crippen LogP contribution in [0, 0.1) is 6.92 Å². The molecule has 168 valence electrons. The van der Waals surface area contributed by atoms with Crippen LogP contribution in [0.15, 0.2) is 109 Å². The van der Waals surface area contributed by atoms with Gasteiger partial charge in [0.05, 0.1) is 0 Å². The summed E-state index contributed by atoms with van der Waals surface area (Å²) in [7, 11) is -3.33. The van der Waals surface area contributed by atoms with E-state index in [1.165, 1.54) is 0 Å². The van der Waals surface area contributed by atoms with E-state index in [1.54, 1.807) is 0 Å². The average molecular weight is 457 g/mol. The summed E-state index contributed by atoms with van der Waals surface area (Å²) in [5.74, 6) is 1.13. The molecule has 0 radical (unpaired) electrons. The molecule has 0 saturated heterocycles. The van der Waals surface area contributed by atoms with Crippen molar-refractivity contribution < 1.29 is 19.1 Å². The predicted octanol–water partition coefficient (Wildman–Crippen LogP) is 5.88. The smallest absolute Gasteiger partial charge is 0.491 e. The molecule has 33 heavy (non-hydrogen) atoms. The maximum absolute atomic E-state index is 11.4. The second-order valence-electron chi connectivity index (χ2n) is 8.15. The van der Waals surface area contributed by atoms with E-state index in [1.807, 2.05) is 123 Å². The Bertz CT molecular complexity index is 1170. The highest BCUT2D eigenvalue weighted by Crippen LogP contribution is 2.37. The van der Waals surface area contributed by atoms with Crippen LogP contribution in [0.5, 0.6) is 11.5 Å². The lowest BCUT2D eigenvalue weighted by molar-refractivity contribution is 0.188. The number of aliphatic hydroxyl groups excluding tert-OH is 2. The van der Waals surface area contributed by atoms with Gasteiger partial charge in [-0.25, -0.2) is 0 Å². The van der Waals surface area contributed by atoms with Gasteiger partial charge in [-0.2, -0.15) is 0 Å². The van der Waals surface area contributed by atoms with Gasteiger partial charge in [-0.05, 0) is 41.8 Å². The quantitative estimate of drug-likeness (QED) is 0.325. The Hall–Kier alpha value is -3.38. The van der Waals surface area contributed by atoms with E-state index >= 15 is 0 Å². The number of benzene rings is 4. The zero-order valence-electron chi connectivity index (χ0n) is 18.8. The van der Waals surface area contributed by atoms with E-state index in [2.05, 4.69) is 0 Å². The summed E-state index contributed by atoms with van der Waals surface area (Å²) in [5.41, 5.74) is 2.10. The lowest BCUT2D eigenvalue weighted by Gasteiger charge is -2.34. The second-order valence-corrected chi connectivity index (χ2v) is 11.1. The van der Waals surface area contributed by atoms with Crippen LogP contribution in [-0.4, -0.2) is 18.8 Å². The van der Waals surface area contributed by atoms with E-state index in [4.69, 9.17) is 8.85 Å². The molecule has 4 aromatic carbocycles. The van der Waals surface area contributed by atoms with E-state index < -0.39 is 20.4 Å². The minimum atomic E-state index is -3.33. The molecular weight excluding hydrogens is 428 g/mol. The third kappa shape index (κ3) is 5.17. The van der Waals surface area contributed by atoms with Gasteiger partial charge < -0.3 is 19.1 Å². The molecule has 4 rings (SSSR count). The van der Waals surface area contributed by atoms with Crippen molar-refractivity contribution in [1.82, 2.24) is 0 Å². The van der Waals surface area contributed by atoms with E-state index in [0.717, 1.165) is 16.7 Å². The average Bonchev–Trinajstić information content (AvgIpc) is 2.85. The molecule has 3 unspecified atom stereocenters. The summed E-state index contributed by atoms with van der Waals surface area (Å²) in [6.07, 6.45) is -0.869. The Balaban J connectivity index is 1.76. The summed E-state index contributed by atoms with van der Waals surface area (Å²) in [6, 6.07) is 33.9. The largest absolute Gasteiger partial charge is 0.510 e. The Kier molecular flexibility index (Phi) is 6.94. The summed E-state index contributed by atoms with van der Waals surface area (Å²) in [4.78, 5) is 0. The van der Waals surface area contributed by atoms with E-state index in [-0.39, 0.29) is 0 Å². The number of aryl methyl sites for hydroxylation is 1. The molecular formula is C28H28O4Si. The third-order valence-electron chi connectivity index (χ3n) is 5.66. The van der Waals surface area contributed by atoms with Crippen LogP contribution in [0.4, 0.5) is 0 Å². The highest BCUT2D eigenvalue weighted by Gasteiger charge is 2.46. The van der Waals surface area contributed by atoms with Gasteiger partial charge >= 0.3 is 8.56 Å². The highest BCUT2D eigenvalue weighted by molar-refractivity contribution is 6.68. The van der Waals surface area contributed by atoms with E-state index in [0.29, 0.717) is 17.1 Å². The molecule has 4 aromatic rings. The Labute approximate surface area is 196 Å². The molecule has 0 amide bonds. The molecule has 0 saturated carbocycles. The first kappa shape index (κ1) is 22.8. The number of hydrogen-bond acceptors (Lipinski definition) is 4. The molecule has 5 heteroatoms. The van der Waals surface area contributed by atoms with Crippen molar-refractivity contribution in [3.8, 4) is 11.5 Å². The first-order valence-electron chi connectivity index (χ1n) is 11.0. The first-order chi connectivity index (χ1) is 16.0. The molecule has 0 aliphatic carbocycles. The Morgan fingerprint density at radius 2 is 1.18 bits per heavy atom. The number of rotatable bonds is 8. The van der Waals surface area contributed by atoms with Crippen LogP contribution in [-0.2, 0) is 0 Å². The standard InChI is InChI=1S/C28H28O4Si/c1-21-13-12-20-25(26(21)27(29)22-14-6-3-7-15-22)32-33(2,31-24-18-10-5-11-19-24)28(30)23-16-8-4-9-17-23/h3-20,27-30H,1-2H3. The minimum Gasteiger partial charge on any atom is -0.510 e. The van der Waals surface area contributed by atoms with Crippen molar-refractivity contribution in [2.75, 3.05) is 0 Å². The van der Waals surface area contributed by atoms with Crippen molar-refractivity contribution in [2.45, 2.75) is 25.3 Å². The van der Waals surface area contributed by atoms with Gasteiger partial charge in [0, 0.05) is 12.1 Å². The van der Waals surface area contributed by atoms with Gasteiger partial charge in [0.25, 0.3) is 0 Å². The van der Waals surface area contributed by atoms with Crippen LogP contribution in [0.1, 0.15) is 34.1 Å². The van der Waals surface area contributed by atoms with Crippen LogP contribution in [0.3, 0.4) is 0 Å². The van der Waals surface area contributed by atoms with Gasteiger partial charge in [-0.3, -0.25) is 0 Å². The molecule has 0 aliphatic heterocycles. The van der Waals surface area contributed by atoms with E-state index in [9.17, 15) is 10.2 Å². The topological polar surface area (TPSA) is 58.9 Å². The van der Waals surface area contributed by atoms with Gasteiger partial charge in [-0.1, -0.05) is 91.0 Å². The first-order valence-corrected chi connectivity index (χ1v) is 13.4. The SMILES string of the molecule is Cc1cccc(O[Si](C)(Oc2ccccc2)C(O)c2ccccc2)c1C(O)c1ccccc1. The summed E-state index contributed by atoms with van der Waals surface area (Å²) in [6.45, 7) is 3.79. The second kappa shape index (κ2) is 10.0. The molecule has 0 spiro atoms. The lowest BCUT2D eigenvalue weighted by atomic mass is 9.97. The Morgan fingerprint density at radius 1 is 0.636 bits per heavy atom. The number of aliphatic hydroxyl groups is 2. The predicted molar refractivity (Wildman–Crippen MR) is 132 cm³/mol. The summed E-state index contributed by atoms with van der Waals surface area (Å²) in [5, 5.41) is 22.7.